The minimum Gasteiger partial charge on any atom is -0.371 e. The zero-order chi connectivity index (χ0) is 14.4. The van der Waals surface area contributed by atoms with E-state index in [1.165, 1.54) is 12.1 Å². The number of benzene rings is 2. The van der Waals surface area contributed by atoms with E-state index in [0.717, 1.165) is 18.0 Å². The molecular formula is C16H13FN2O2. The Kier molecular flexibility index (Phi) is 2.68. The van der Waals surface area contributed by atoms with Crippen molar-refractivity contribution in [2.45, 2.75) is 6.10 Å². The Hall–Kier alpha value is -2.40. The Morgan fingerprint density at radius 2 is 2.05 bits per heavy atom. The van der Waals surface area contributed by atoms with Crippen LogP contribution < -0.4 is 10.2 Å². The number of para-hydroxylation sites is 2. The molecule has 1 fully saturated rings. The first-order valence-electron chi connectivity index (χ1n) is 6.81. The van der Waals surface area contributed by atoms with Gasteiger partial charge in [-0.2, -0.15) is 0 Å². The van der Waals surface area contributed by atoms with E-state index in [-0.39, 0.29) is 12.0 Å². The summed E-state index contributed by atoms with van der Waals surface area (Å²) in [4.78, 5) is 14.3. The topological polar surface area (TPSA) is 44.9 Å². The lowest BCUT2D eigenvalue weighted by atomic mass is 10.1. The Morgan fingerprint density at radius 3 is 2.86 bits per heavy atom. The SMILES string of the molecule is O=C1Nc2ccccc2N(CC2CO2)c2ccc(F)cc21. The molecule has 4 rings (SSSR count). The second-order valence-electron chi connectivity index (χ2n) is 5.20. The highest BCUT2D eigenvalue weighted by molar-refractivity contribution is 6.12. The van der Waals surface area contributed by atoms with Crippen molar-refractivity contribution in [3.05, 3.63) is 53.8 Å². The highest BCUT2D eigenvalue weighted by atomic mass is 19.1. The number of ether oxygens (including phenoxy) is 1. The fourth-order valence-corrected chi connectivity index (χ4v) is 2.63. The lowest BCUT2D eigenvalue weighted by Crippen LogP contribution is -2.23. The lowest BCUT2D eigenvalue weighted by Gasteiger charge is -2.25. The van der Waals surface area contributed by atoms with Gasteiger partial charge in [0.25, 0.3) is 5.91 Å². The lowest BCUT2D eigenvalue weighted by molar-refractivity contribution is 0.102. The summed E-state index contributed by atoms with van der Waals surface area (Å²) in [5.74, 6) is -0.714. The predicted octanol–water partition coefficient (Wildman–Crippen LogP) is 2.93. The maximum atomic E-state index is 13.5. The number of halogens is 1. The molecule has 2 aliphatic heterocycles. The summed E-state index contributed by atoms with van der Waals surface area (Å²) in [6.07, 6.45) is 0.157. The fraction of sp³-hybridized carbons (Fsp3) is 0.188. The average molecular weight is 284 g/mol. The number of fused-ring (bicyclic) bond motifs is 2. The molecule has 0 saturated carbocycles. The van der Waals surface area contributed by atoms with Crippen molar-refractivity contribution in [1.82, 2.24) is 0 Å². The van der Waals surface area contributed by atoms with Crippen LogP contribution in [-0.4, -0.2) is 25.2 Å². The first-order valence-corrected chi connectivity index (χ1v) is 6.81. The molecule has 5 heteroatoms. The van der Waals surface area contributed by atoms with E-state index >= 15 is 0 Å². The molecule has 1 saturated heterocycles. The van der Waals surface area contributed by atoms with Gasteiger partial charge in [0.1, 0.15) is 5.82 Å². The number of carbonyl (C=O) groups is 1. The van der Waals surface area contributed by atoms with Crippen LogP contribution in [0.1, 0.15) is 10.4 Å². The highest BCUT2D eigenvalue weighted by Crippen LogP contribution is 2.38. The van der Waals surface area contributed by atoms with Crippen molar-refractivity contribution in [2.75, 3.05) is 23.4 Å². The normalized spacial score (nSPS) is 19.4. The van der Waals surface area contributed by atoms with E-state index < -0.39 is 5.82 Å². The molecule has 106 valence electrons. The quantitative estimate of drug-likeness (QED) is 0.862. The van der Waals surface area contributed by atoms with Crippen LogP contribution in [-0.2, 0) is 4.74 Å². The molecule has 21 heavy (non-hydrogen) atoms. The Labute approximate surface area is 121 Å². The Balaban J connectivity index is 1.90. The third kappa shape index (κ3) is 2.15. The molecule has 4 nitrogen and oxygen atoms in total. The summed E-state index contributed by atoms with van der Waals surface area (Å²) in [5, 5.41) is 2.84. The smallest absolute Gasteiger partial charge is 0.257 e. The second-order valence-corrected chi connectivity index (χ2v) is 5.20. The zero-order valence-corrected chi connectivity index (χ0v) is 11.2. The van der Waals surface area contributed by atoms with E-state index in [0.29, 0.717) is 17.8 Å². The van der Waals surface area contributed by atoms with E-state index in [1.807, 2.05) is 29.2 Å². The minimum absolute atomic E-state index is 0.157. The first kappa shape index (κ1) is 12.3. The van der Waals surface area contributed by atoms with Gasteiger partial charge in [-0.15, -0.1) is 0 Å². The fourth-order valence-electron chi connectivity index (χ4n) is 2.63. The van der Waals surface area contributed by atoms with Crippen LogP contribution in [0.4, 0.5) is 21.5 Å². The van der Waals surface area contributed by atoms with Gasteiger partial charge in [-0.25, -0.2) is 4.39 Å². The van der Waals surface area contributed by atoms with E-state index in [9.17, 15) is 9.18 Å². The molecule has 0 radical (unpaired) electrons. The molecule has 2 aromatic carbocycles. The summed E-state index contributed by atoms with van der Waals surface area (Å²) in [5.41, 5.74) is 2.66. The van der Waals surface area contributed by atoms with E-state index in [1.54, 1.807) is 6.07 Å². The summed E-state index contributed by atoms with van der Waals surface area (Å²) < 4.78 is 18.8. The zero-order valence-electron chi connectivity index (χ0n) is 11.2. The molecule has 1 atom stereocenters. The van der Waals surface area contributed by atoms with Gasteiger partial charge < -0.3 is 15.0 Å². The monoisotopic (exact) mass is 284 g/mol. The third-order valence-corrected chi connectivity index (χ3v) is 3.73. The number of rotatable bonds is 2. The molecular weight excluding hydrogens is 271 g/mol. The summed E-state index contributed by atoms with van der Waals surface area (Å²) in [6.45, 7) is 1.36. The van der Waals surface area contributed by atoms with Gasteiger partial charge in [0.05, 0.1) is 41.9 Å². The van der Waals surface area contributed by atoms with Crippen LogP contribution in [0.2, 0.25) is 0 Å². The molecule has 0 bridgehead atoms. The van der Waals surface area contributed by atoms with Crippen molar-refractivity contribution < 1.29 is 13.9 Å². The number of hydrogen-bond acceptors (Lipinski definition) is 3. The summed E-state index contributed by atoms with van der Waals surface area (Å²) >= 11 is 0. The van der Waals surface area contributed by atoms with Crippen LogP contribution in [0.5, 0.6) is 0 Å². The molecule has 1 unspecified atom stereocenters. The van der Waals surface area contributed by atoms with Gasteiger partial charge in [-0.3, -0.25) is 4.79 Å². The number of nitrogens with zero attached hydrogens (tertiary/aromatic N) is 1. The highest BCUT2D eigenvalue weighted by Gasteiger charge is 2.31. The third-order valence-electron chi connectivity index (χ3n) is 3.73. The number of amides is 1. The van der Waals surface area contributed by atoms with E-state index in [2.05, 4.69) is 5.32 Å². The molecule has 0 spiro atoms. The van der Waals surface area contributed by atoms with Crippen LogP contribution in [0.15, 0.2) is 42.5 Å². The van der Waals surface area contributed by atoms with Gasteiger partial charge in [0.2, 0.25) is 0 Å². The summed E-state index contributed by atoms with van der Waals surface area (Å²) in [7, 11) is 0. The van der Waals surface area contributed by atoms with Crippen molar-refractivity contribution >= 4 is 23.0 Å². The first-order chi connectivity index (χ1) is 10.2. The number of epoxide rings is 1. The summed E-state index contributed by atoms with van der Waals surface area (Å²) in [6, 6.07) is 11.9. The Morgan fingerprint density at radius 1 is 1.24 bits per heavy atom. The maximum absolute atomic E-state index is 13.5. The van der Waals surface area contributed by atoms with Gasteiger partial charge in [-0.1, -0.05) is 12.1 Å². The van der Waals surface area contributed by atoms with Crippen LogP contribution in [0.25, 0.3) is 0 Å². The number of hydrogen-bond donors (Lipinski definition) is 1. The number of carbonyl (C=O) groups excluding carboxylic acids is 1. The maximum Gasteiger partial charge on any atom is 0.257 e. The molecule has 2 aliphatic rings. The average Bonchev–Trinajstić information content (AvgIpc) is 3.30. The molecule has 2 aromatic rings. The standard InChI is InChI=1S/C16H13FN2O2/c17-10-5-6-14-12(7-10)16(20)18-13-3-1-2-4-15(13)19(14)8-11-9-21-11/h1-7,11H,8-9H2,(H,18,20). The largest absolute Gasteiger partial charge is 0.371 e. The van der Waals surface area contributed by atoms with Crippen LogP contribution in [0, 0.1) is 5.82 Å². The van der Waals surface area contributed by atoms with Gasteiger partial charge in [0.15, 0.2) is 0 Å². The molecule has 2 heterocycles. The van der Waals surface area contributed by atoms with Crippen molar-refractivity contribution in [1.29, 1.82) is 0 Å². The molecule has 1 N–H and O–H groups in total. The number of nitrogens with one attached hydrogen (secondary N) is 1. The van der Waals surface area contributed by atoms with Crippen LogP contribution >= 0.6 is 0 Å². The molecule has 0 aromatic heterocycles. The van der Waals surface area contributed by atoms with Gasteiger partial charge >= 0.3 is 0 Å². The van der Waals surface area contributed by atoms with Crippen molar-refractivity contribution in [3.8, 4) is 0 Å². The van der Waals surface area contributed by atoms with Crippen molar-refractivity contribution in [2.24, 2.45) is 0 Å². The number of anilines is 3. The predicted molar refractivity (Wildman–Crippen MR) is 77.5 cm³/mol. The van der Waals surface area contributed by atoms with Gasteiger partial charge in [-0.05, 0) is 30.3 Å². The molecule has 0 aliphatic carbocycles. The second kappa shape index (κ2) is 4.56. The van der Waals surface area contributed by atoms with E-state index in [4.69, 9.17) is 4.74 Å². The van der Waals surface area contributed by atoms with Crippen LogP contribution in [0.3, 0.4) is 0 Å². The molecule has 1 amide bonds. The minimum atomic E-state index is -0.419. The Bertz CT molecular complexity index is 728. The van der Waals surface area contributed by atoms with Crippen molar-refractivity contribution in [3.63, 3.8) is 0 Å². The van der Waals surface area contributed by atoms with Gasteiger partial charge in [0, 0.05) is 0 Å².